The summed E-state index contributed by atoms with van der Waals surface area (Å²) in [5.74, 6) is -2.05. The van der Waals surface area contributed by atoms with Crippen LogP contribution in [-0.4, -0.2) is 20.4 Å². The third kappa shape index (κ3) is 2.90. The fourth-order valence-corrected chi connectivity index (χ4v) is 2.34. The molecule has 3 rings (SSSR count). The van der Waals surface area contributed by atoms with E-state index in [-0.39, 0.29) is 11.9 Å². The molecule has 1 N–H and O–H groups in total. The number of hydrogen-bond donors (Lipinski definition) is 1. The number of nitrogens with one attached hydrogen (secondary N) is 1. The summed E-state index contributed by atoms with van der Waals surface area (Å²) in [6.07, 6.45) is 3.75. The molecule has 0 aliphatic rings. The normalized spacial score (nSPS) is 10.9. The molecule has 0 saturated carbocycles. The van der Waals surface area contributed by atoms with Crippen LogP contribution in [0.25, 0.3) is 11.0 Å². The van der Waals surface area contributed by atoms with Gasteiger partial charge in [-0.2, -0.15) is 0 Å². The van der Waals surface area contributed by atoms with Gasteiger partial charge in [-0.05, 0) is 18.6 Å². The summed E-state index contributed by atoms with van der Waals surface area (Å²) in [6.45, 7) is 2.46. The number of aryl methyl sites for hydroxylation is 1. The van der Waals surface area contributed by atoms with Gasteiger partial charge in [0.2, 0.25) is 5.95 Å². The molecule has 0 unspecified atom stereocenters. The second kappa shape index (κ2) is 6.12. The fourth-order valence-electron chi connectivity index (χ4n) is 2.34. The Kier molecular flexibility index (Phi) is 4.01. The highest BCUT2D eigenvalue weighted by Gasteiger charge is 2.16. The summed E-state index contributed by atoms with van der Waals surface area (Å²) >= 11 is 0. The predicted molar refractivity (Wildman–Crippen MR) is 82.1 cm³/mol. The molecule has 2 aromatic heterocycles. The molecule has 0 fully saturated rings. The first-order chi connectivity index (χ1) is 11.1. The van der Waals surface area contributed by atoms with Crippen LogP contribution in [0.2, 0.25) is 0 Å². The molecule has 0 radical (unpaired) electrons. The maximum atomic E-state index is 13.5. The van der Waals surface area contributed by atoms with Crippen molar-refractivity contribution in [2.24, 2.45) is 0 Å². The zero-order chi connectivity index (χ0) is 16.4. The highest BCUT2D eigenvalue weighted by Crippen LogP contribution is 2.23. The zero-order valence-electron chi connectivity index (χ0n) is 12.4. The highest BCUT2D eigenvalue weighted by atomic mass is 19.2. The maximum absolute atomic E-state index is 13.5. The van der Waals surface area contributed by atoms with Gasteiger partial charge in [-0.25, -0.2) is 13.8 Å². The van der Waals surface area contributed by atoms with Gasteiger partial charge in [0, 0.05) is 31.1 Å². The number of carbonyl (C=O) groups is 1. The second-order valence-electron chi connectivity index (χ2n) is 5.04. The summed E-state index contributed by atoms with van der Waals surface area (Å²) in [7, 11) is 0. The Morgan fingerprint density at radius 2 is 2.09 bits per heavy atom. The fraction of sp³-hybridized carbons (Fsp3) is 0.188. The smallest absolute Gasteiger partial charge is 0.259 e. The lowest BCUT2D eigenvalue weighted by molar-refractivity contribution is 0.102. The van der Waals surface area contributed by atoms with Crippen molar-refractivity contribution in [3.63, 3.8) is 0 Å². The summed E-state index contributed by atoms with van der Waals surface area (Å²) in [4.78, 5) is 20.3. The van der Waals surface area contributed by atoms with Crippen LogP contribution in [0, 0.1) is 11.6 Å². The topological polar surface area (TPSA) is 59.8 Å². The number of halogens is 2. The van der Waals surface area contributed by atoms with Crippen LogP contribution >= 0.6 is 0 Å². The van der Waals surface area contributed by atoms with Gasteiger partial charge >= 0.3 is 0 Å². The van der Waals surface area contributed by atoms with Gasteiger partial charge in [0.15, 0.2) is 11.6 Å². The van der Waals surface area contributed by atoms with E-state index < -0.39 is 11.6 Å². The van der Waals surface area contributed by atoms with E-state index in [1.165, 1.54) is 6.20 Å². The Hall–Kier alpha value is -2.83. The molecule has 2 heterocycles. The van der Waals surface area contributed by atoms with Gasteiger partial charge in [0.1, 0.15) is 0 Å². The quantitative estimate of drug-likeness (QED) is 0.803. The van der Waals surface area contributed by atoms with Gasteiger partial charge in [-0.3, -0.25) is 15.1 Å². The zero-order valence-corrected chi connectivity index (χ0v) is 12.4. The number of pyridine rings is 1. The molecule has 3 aromatic rings. The third-order valence-corrected chi connectivity index (χ3v) is 3.39. The second-order valence-corrected chi connectivity index (χ2v) is 5.04. The van der Waals surface area contributed by atoms with Crippen LogP contribution in [0.1, 0.15) is 23.7 Å². The average molecular weight is 316 g/mol. The number of fused-ring (bicyclic) bond motifs is 1. The molecule has 118 valence electrons. The van der Waals surface area contributed by atoms with Crippen molar-refractivity contribution in [1.29, 1.82) is 0 Å². The van der Waals surface area contributed by atoms with Gasteiger partial charge in [-0.1, -0.05) is 6.92 Å². The molecule has 0 bridgehead atoms. The monoisotopic (exact) mass is 316 g/mol. The van der Waals surface area contributed by atoms with Crippen LogP contribution in [0.15, 0.2) is 36.7 Å². The van der Waals surface area contributed by atoms with Crippen LogP contribution in [-0.2, 0) is 6.54 Å². The Morgan fingerprint density at radius 1 is 1.30 bits per heavy atom. The van der Waals surface area contributed by atoms with Crippen molar-refractivity contribution < 1.29 is 13.6 Å². The first kappa shape index (κ1) is 15.1. The summed E-state index contributed by atoms with van der Waals surface area (Å²) in [5, 5.41) is 2.67. The van der Waals surface area contributed by atoms with Crippen molar-refractivity contribution in [3.8, 4) is 0 Å². The Morgan fingerprint density at radius 3 is 2.78 bits per heavy atom. The SMILES string of the molecule is CCCn1c(NC(=O)c2cccnc2)nc2cc(F)c(F)cc21. The van der Waals surface area contributed by atoms with E-state index in [4.69, 9.17) is 0 Å². The Balaban J connectivity index is 2.02. The van der Waals surface area contributed by atoms with Gasteiger partial charge in [0.25, 0.3) is 5.91 Å². The summed E-state index contributed by atoms with van der Waals surface area (Å²) in [6, 6.07) is 5.38. The molecule has 1 aromatic carbocycles. The van der Waals surface area contributed by atoms with Crippen LogP contribution in [0.5, 0.6) is 0 Å². The Labute approximate surface area is 131 Å². The molecular formula is C16H14F2N4O. The Bertz CT molecular complexity index is 861. The first-order valence-corrected chi connectivity index (χ1v) is 7.16. The number of aromatic nitrogens is 3. The minimum absolute atomic E-state index is 0.251. The highest BCUT2D eigenvalue weighted by molar-refractivity contribution is 6.03. The number of imidazole rings is 1. The maximum Gasteiger partial charge on any atom is 0.259 e. The van der Waals surface area contributed by atoms with Crippen molar-refractivity contribution in [2.75, 3.05) is 5.32 Å². The van der Waals surface area contributed by atoms with Crippen molar-refractivity contribution >= 4 is 22.9 Å². The molecule has 5 nitrogen and oxygen atoms in total. The third-order valence-electron chi connectivity index (χ3n) is 3.39. The standard InChI is InChI=1S/C16H14F2N4O/c1-2-6-22-14-8-12(18)11(17)7-13(14)20-16(22)21-15(23)10-4-3-5-19-9-10/h3-5,7-9H,2,6H2,1H3,(H,20,21,23). The van der Waals surface area contributed by atoms with Gasteiger partial charge in [0.05, 0.1) is 16.6 Å². The number of nitrogens with zero attached hydrogens (tertiary/aromatic N) is 3. The number of benzene rings is 1. The molecule has 1 amide bonds. The lowest BCUT2D eigenvalue weighted by Gasteiger charge is -2.08. The molecule has 0 spiro atoms. The molecule has 0 atom stereocenters. The minimum Gasteiger partial charge on any atom is -0.310 e. The summed E-state index contributed by atoms with van der Waals surface area (Å²) in [5.41, 5.74) is 1.10. The van der Waals surface area contributed by atoms with E-state index in [9.17, 15) is 13.6 Å². The van der Waals surface area contributed by atoms with Crippen LogP contribution in [0.3, 0.4) is 0 Å². The molecular weight excluding hydrogens is 302 g/mol. The number of rotatable bonds is 4. The van der Waals surface area contributed by atoms with Crippen molar-refractivity contribution in [1.82, 2.24) is 14.5 Å². The molecule has 7 heteroatoms. The van der Waals surface area contributed by atoms with Gasteiger partial charge in [-0.15, -0.1) is 0 Å². The number of carbonyl (C=O) groups excluding carboxylic acids is 1. The van der Waals surface area contributed by atoms with E-state index in [0.29, 0.717) is 23.1 Å². The van der Waals surface area contributed by atoms with Crippen molar-refractivity contribution in [3.05, 3.63) is 53.9 Å². The number of amides is 1. The van der Waals surface area contributed by atoms with Crippen LogP contribution < -0.4 is 5.32 Å². The number of anilines is 1. The largest absolute Gasteiger partial charge is 0.310 e. The van der Waals surface area contributed by atoms with Gasteiger partial charge < -0.3 is 4.57 Å². The van der Waals surface area contributed by atoms with E-state index in [1.807, 2.05) is 6.92 Å². The van der Waals surface area contributed by atoms with E-state index in [2.05, 4.69) is 15.3 Å². The minimum atomic E-state index is -0.969. The van der Waals surface area contributed by atoms with E-state index in [1.54, 1.807) is 22.9 Å². The molecule has 0 aliphatic carbocycles. The number of hydrogen-bond acceptors (Lipinski definition) is 3. The van der Waals surface area contributed by atoms with E-state index in [0.717, 1.165) is 18.6 Å². The van der Waals surface area contributed by atoms with Crippen molar-refractivity contribution in [2.45, 2.75) is 19.9 Å². The van der Waals surface area contributed by atoms with Crippen LogP contribution in [0.4, 0.5) is 14.7 Å². The lowest BCUT2D eigenvalue weighted by atomic mass is 10.3. The van der Waals surface area contributed by atoms with E-state index >= 15 is 0 Å². The first-order valence-electron chi connectivity index (χ1n) is 7.16. The molecule has 0 aliphatic heterocycles. The average Bonchev–Trinajstić information content (AvgIpc) is 2.86. The predicted octanol–water partition coefficient (Wildman–Crippen LogP) is 3.37. The summed E-state index contributed by atoms with van der Waals surface area (Å²) < 4.78 is 28.5. The lowest BCUT2D eigenvalue weighted by Crippen LogP contribution is -2.16. The molecule has 0 saturated heterocycles. The molecule has 23 heavy (non-hydrogen) atoms.